The number of amides is 1. The number of thiazole rings is 1. The van der Waals surface area contributed by atoms with Crippen LogP contribution in [0.5, 0.6) is 0 Å². The lowest BCUT2D eigenvalue weighted by atomic mass is 10.2. The van der Waals surface area contributed by atoms with Crippen molar-refractivity contribution in [2.75, 3.05) is 5.32 Å². The zero-order valence-electron chi connectivity index (χ0n) is 17.7. The molecule has 0 aliphatic rings. The van der Waals surface area contributed by atoms with Gasteiger partial charge in [0.2, 0.25) is 0 Å². The Hall–Kier alpha value is -3.52. The van der Waals surface area contributed by atoms with Crippen LogP contribution in [0, 0.1) is 6.92 Å². The Morgan fingerprint density at radius 1 is 1.23 bits per heavy atom. The normalized spacial score (nSPS) is 11.5. The molecule has 4 heterocycles. The van der Waals surface area contributed by atoms with Crippen LogP contribution in [0.4, 0.5) is 5.13 Å². The first-order valence-corrected chi connectivity index (χ1v) is 10.9. The van der Waals surface area contributed by atoms with Crippen LogP contribution >= 0.6 is 11.3 Å². The molecule has 8 heteroatoms. The lowest BCUT2D eigenvalue weighted by Crippen LogP contribution is -2.17. The van der Waals surface area contributed by atoms with E-state index in [1.165, 1.54) is 11.3 Å². The van der Waals surface area contributed by atoms with Gasteiger partial charge in [0.05, 0.1) is 17.7 Å². The average molecular weight is 433 g/mol. The molecule has 0 spiro atoms. The second-order valence-corrected chi connectivity index (χ2v) is 8.32. The first-order valence-electron chi connectivity index (χ1n) is 10.0. The third kappa shape index (κ3) is 4.80. The molecule has 0 saturated carbocycles. The van der Waals surface area contributed by atoms with Crippen LogP contribution in [0.25, 0.3) is 12.2 Å². The van der Waals surface area contributed by atoms with Crippen molar-refractivity contribution in [2.24, 2.45) is 0 Å². The summed E-state index contributed by atoms with van der Waals surface area (Å²) in [5, 5.41) is 5.38. The summed E-state index contributed by atoms with van der Waals surface area (Å²) in [6.45, 7) is 6.92. The van der Waals surface area contributed by atoms with Crippen molar-refractivity contribution in [3.63, 3.8) is 0 Å². The topological polar surface area (TPSA) is 77.6 Å². The summed E-state index contributed by atoms with van der Waals surface area (Å²) in [6.07, 6.45) is 11.1. The van der Waals surface area contributed by atoms with E-state index < -0.39 is 0 Å². The Kier molecular flexibility index (Phi) is 6.08. The van der Waals surface area contributed by atoms with Crippen LogP contribution in [0.15, 0.2) is 54.6 Å². The third-order valence-electron chi connectivity index (χ3n) is 4.95. The van der Waals surface area contributed by atoms with Crippen LogP contribution in [0.1, 0.15) is 53.0 Å². The van der Waals surface area contributed by atoms with E-state index in [0.717, 1.165) is 22.6 Å². The molecule has 0 aliphatic heterocycles. The van der Waals surface area contributed by atoms with Gasteiger partial charge in [-0.1, -0.05) is 0 Å². The van der Waals surface area contributed by atoms with E-state index >= 15 is 0 Å². The van der Waals surface area contributed by atoms with Gasteiger partial charge in [-0.2, -0.15) is 0 Å². The van der Waals surface area contributed by atoms with Crippen LogP contribution in [0.3, 0.4) is 0 Å². The molecule has 0 unspecified atom stereocenters. The second kappa shape index (κ2) is 9.09. The first-order chi connectivity index (χ1) is 15.0. The summed E-state index contributed by atoms with van der Waals surface area (Å²) in [7, 11) is 0. The Labute approximate surface area is 185 Å². The number of anilines is 1. The lowest BCUT2D eigenvalue weighted by Gasteiger charge is -2.08. The molecule has 158 valence electrons. The monoisotopic (exact) mass is 432 g/mol. The molecule has 0 radical (unpaired) electrons. The minimum absolute atomic E-state index is 0.185. The fraction of sp³-hybridized carbons (Fsp3) is 0.217. The van der Waals surface area contributed by atoms with E-state index in [1.807, 2.05) is 52.8 Å². The summed E-state index contributed by atoms with van der Waals surface area (Å²) >= 11 is 1.40. The maximum Gasteiger partial charge on any atom is 0.274 e. The van der Waals surface area contributed by atoms with Crippen molar-refractivity contribution in [1.29, 1.82) is 0 Å². The highest BCUT2D eigenvalue weighted by Gasteiger charge is 2.13. The highest BCUT2D eigenvalue weighted by Crippen LogP contribution is 2.20. The smallest absolute Gasteiger partial charge is 0.274 e. The largest absolute Gasteiger partial charge is 0.339 e. The average Bonchev–Trinajstić information content (AvgIpc) is 3.48. The number of aromatic nitrogens is 5. The maximum absolute atomic E-state index is 12.8. The van der Waals surface area contributed by atoms with E-state index in [1.54, 1.807) is 18.5 Å². The van der Waals surface area contributed by atoms with E-state index in [-0.39, 0.29) is 5.91 Å². The number of pyridine rings is 1. The quantitative estimate of drug-likeness (QED) is 0.451. The SMILES string of the molecule is Cc1c(/C=C/c2csc(NC(=O)c3cccn3Cc3ccncc3)n2)ncn1C(C)C. The van der Waals surface area contributed by atoms with Gasteiger partial charge in [-0.3, -0.25) is 15.1 Å². The van der Waals surface area contributed by atoms with Gasteiger partial charge in [-0.05, 0) is 62.8 Å². The molecule has 0 fully saturated rings. The van der Waals surface area contributed by atoms with E-state index in [4.69, 9.17) is 0 Å². The van der Waals surface area contributed by atoms with Gasteiger partial charge >= 0.3 is 0 Å². The summed E-state index contributed by atoms with van der Waals surface area (Å²) in [4.78, 5) is 25.8. The number of hydrogen-bond donors (Lipinski definition) is 1. The number of nitrogens with one attached hydrogen (secondary N) is 1. The molecule has 0 aromatic carbocycles. The molecule has 1 N–H and O–H groups in total. The number of nitrogens with zero attached hydrogens (tertiary/aromatic N) is 5. The van der Waals surface area contributed by atoms with Crippen LogP contribution < -0.4 is 5.32 Å². The highest BCUT2D eigenvalue weighted by molar-refractivity contribution is 7.14. The molecule has 1 amide bonds. The second-order valence-electron chi connectivity index (χ2n) is 7.46. The Morgan fingerprint density at radius 2 is 2.03 bits per heavy atom. The molecular formula is C23H24N6OS. The predicted molar refractivity (Wildman–Crippen MR) is 124 cm³/mol. The van der Waals surface area contributed by atoms with Crippen molar-refractivity contribution in [2.45, 2.75) is 33.4 Å². The Bertz CT molecular complexity index is 1200. The number of rotatable bonds is 7. The van der Waals surface area contributed by atoms with Gasteiger partial charge in [-0.15, -0.1) is 11.3 Å². The summed E-state index contributed by atoms with van der Waals surface area (Å²) in [5.74, 6) is -0.185. The fourth-order valence-corrected chi connectivity index (χ4v) is 3.98. The molecule has 0 bridgehead atoms. The van der Waals surface area contributed by atoms with Crippen LogP contribution in [-0.2, 0) is 6.54 Å². The molecule has 4 aromatic heterocycles. The van der Waals surface area contributed by atoms with Crippen molar-refractivity contribution in [1.82, 2.24) is 24.1 Å². The minimum Gasteiger partial charge on any atom is -0.339 e. The van der Waals surface area contributed by atoms with E-state index in [2.05, 4.69) is 45.6 Å². The van der Waals surface area contributed by atoms with Gasteiger partial charge < -0.3 is 9.13 Å². The molecule has 0 aliphatic carbocycles. The molecular weight excluding hydrogens is 408 g/mol. The Morgan fingerprint density at radius 3 is 2.77 bits per heavy atom. The van der Waals surface area contributed by atoms with Gasteiger partial charge in [0.15, 0.2) is 5.13 Å². The summed E-state index contributed by atoms with van der Waals surface area (Å²) in [5.41, 5.74) is 4.48. The number of carbonyl (C=O) groups is 1. The fourth-order valence-electron chi connectivity index (χ4n) is 3.31. The Balaban J connectivity index is 1.43. The van der Waals surface area contributed by atoms with Crippen molar-refractivity contribution in [3.05, 3.63) is 82.9 Å². The third-order valence-corrected chi connectivity index (χ3v) is 5.73. The first kappa shape index (κ1) is 20.7. The molecule has 0 atom stereocenters. The van der Waals surface area contributed by atoms with E-state index in [9.17, 15) is 4.79 Å². The van der Waals surface area contributed by atoms with Crippen LogP contribution in [-0.4, -0.2) is 30.0 Å². The standard InChI is InChI=1S/C23H24N6OS/c1-16(2)29-15-25-20(17(29)3)7-6-19-14-31-23(26-19)27-22(30)21-5-4-12-28(21)13-18-8-10-24-11-9-18/h4-12,14-16H,13H2,1-3H3,(H,26,27,30)/b7-6+. The van der Waals surface area contributed by atoms with Gasteiger partial charge in [0, 0.05) is 42.3 Å². The summed E-state index contributed by atoms with van der Waals surface area (Å²) in [6, 6.07) is 7.91. The molecule has 4 aromatic rings. The highest BCUT2D eigenvalue weighted by atomic mass is 32.1. The zero-order chi connectivity index (χ0) is 21.8. The van der Waals surface area contributed by atoms with Gasteiger partial charge in [0.1, 0.15) is 5.69 Å². The van der Waals surface area contributed by atoms with Crippen molar-refractivity contribution in [3.8, 4) is 0 Å². The zero-order valence-corrected chi connectivity index (χ0v) is 18.5. The molecule has 4 rings (SSSR count). The van der Waals surface area contributed by atoms with E-state index in [0.29, 0.717) is 23.4 Å². The van der Waals surface area contributed by atoms with Gasteiger partial charge in [-0.25, -0.2) is 9.97 Å². The molecule has 31 heavy (non-hydrogen) atoms. The maximum atomic E-state index is 12.8. The number of carbonyl (C=O) groups excluding carboxylic acids is 1. The van der Waals surface area contributed by atoms with Crippen molar-refractivity contribution >= 4 is 34.5 Å². The van der Waals surface area contributed by atoms with Crippen LogP contribution in [0.2, 0.25) is 0 Å². The van der Waals surface area contributed by atoms with Gasteiger partial charge in [0.25, 0.3) is 5.91 Å². The number of hydrogen-bond acceptors (Lipinski definition) is 5. The molecule has 0 saturated heterocycles. The molecule has 7 nitrogen and oxygen atoms in total. The lowest BCUT2D eigenvalue weighted by molar-refractivity contribution is 0.101. The predicted octanol–water partition coefficient (Wildman–Crippen LogP) is 4.90. The summed E-state index contributed by atoms with van der Waals surface area (Å²) < 4.78 is 4.04. The number of imidazole rings is 1. The minimum atomic E-state index is -0.185. The van der Waals surface area contributed by atoms with Crippen molar-refractivity contribution < 1.29 is 4.79 Å².